The topological polar surface area (TPSA) is 28.2 Å². The summed E-state index contributed by atoms with van der Waals surface area (Å²) in [5.74, 6) is -0.941. The molecule has 5 heteroatoms. The van der Waals surface area contributed by atoms with Gasteiger partial charge in [0, 0.05) is 31.2 Å². The first kappa shape index (κ1) is 13.2. The van der Waals surface area contributed by atoms with Gasteiger partial charge in [0.05, 0.1) is 6.20 Å². The molecular weight excluding hydrogens is 236 g/mol. The molecule has 1 unspecified atom stereocenters. The lowest BCUT2D eigenvalue weighted by Gasteiger charge is -2.27. The second kappa shape index (κ2) is 5.61. The Morgan fingerprint density at radius 1 is 1.50 bits per heavy atom. The van der Waals surface area contributed by atoms with Crippen molar-refractivity contribution in [3.63, 3.8) is 0 Å². The first-order chi connectivity index (χ1) is 8.58. The molecule has 3 nitrogen and oxygen atoms in total. The van der Waals surface area contributed by atoms with E-state index in [-0.39, 0.29) is 11.9 Å². The van der Waals surface area contributed by atoms with E-state index in [0.29, 0.717) is 6.04 Å². The smallest absolute Gasteiger partial charge is 0.168 e. The first-order valence-electron chi connectivity index (χ1n) is 6.39. The van der Waals surface area contributed by atoms with Crippen molar-refractivity contribution in [2.45, 2.75) is 38.8 Å². The fraction of sp³-hybridized carbons (Fsp3) is 0.615. The van der Waals surface area contributed by atoms with E-state index in [1.54, 1.807) is 0 Å². The Hall–Kier alpha value is -1.23. The van der Waals surface area contributed by atoms with E-state index in [1.165, 1.54) is 0 Å². The third kappa shape index (κ3) is 2.96. The van der Waals surface area contributed by atoms with Crippen molar-refractivity contribution < 1.29 is 8.78 Å². The van der Waals surface area contributed by atoms with E-state index in [4.69, 9.17) is 0 Å². The third-order valence-corrected chi connectivity index (χ3v) is 3.20. The van der Waals surface area contributed by atoms with Crippen LogP contribution < -0.4 is 10.2 Å². The third-order valence-electron chi connectivity index (χ3n) is 3.20. The lowest BCUT2D eigenvalue weighted by molar-refractivity contribution is 0.513. The fourth-order valence-corrected chi connectivity index (χ4v) is 2.32. The molecule has 0 bridgehead atoms. The minimum atomic E-state index is -0.632. The molecule has 0 radical (unpaired) electrons. The maximum Gasteiger partial charge on any atom is 0.168 e. The van der Waals surface area contributed by atoms with Crippen molar-refractivity contribution in [2.24, 2.45) is 0 Å². The van der Waals surface area contributed by atoms with Crippen LogP contribution in [-0.4, -0.2) is 30.2 Å². The van der Waals surface area contributed by atoms with Gasteiger partial charge < -0.3 is 10.2 Å². The van der Waals surface area contributed by atoms with Gasteiger partial charge in [-0.25, -0.2) is 13.8 Å². The van der Waals surface area contributed by atoms with Crippen LogP contribution in [0, 0.1) is 11.6 Å². The molecule has 1 atom stereocenters. The van der Waals surface area contributed by atoms with Crippen LogP contribution in [0.4, 0.5) is 14.6 Å². The van der Waals surface area contributed by atoms with E-state index in [0.717, 1.165) is 38.2 Å². The Balaban J connectivity index is 2.10. The van der Waals surface area contributed by atoms with Gasteiger partial charge in [0.25, 0.3) is 0 Å². The van der Waals surface area contributed by atoms with Gasteiger partial charge in [0.15, 0.2) is 11.6 Å². The van der Waals surface area contributed by atoms with Crippen LogP contribution in [0.3, 0.4) is 0 Å². The number of nitrogens with one attached hydrogen (secondary N) is 1. The molecule has 0 spiro atoms. The summed E-state index contributed by atoms with van der Waals surface area (Å²) in [7, 11) is 0. The lowest BCUT2D eigenvalue weighted by Crippen LogP contribution is -2.41. The molecule has 0 saturated carbocycles. The minimum absolute atomic E-state index is 0.236. The zero-order valence-electron chi connectivity index (χ0n) is 10.8. The Morgan fingerprint density at radius 2 is 2.28 bits per heavy atom. The second-order valence-corrected chi connectivity index (χ2v) is 5.01. The highest BCUT2D eigenvalue weighted by Gasteiger charge is 2.27. The highest BCUT2D eigenvalue weighted by atomic mass is 19.1. The predicted molar refractivity (Wildman–Crippen MR) is 67.7 cm³/mol. The summed E-state index contributed by atoms with van der Waals surface area (Å²) in [6, 6.07) is 1.53. The van der Waals surface area contributed by atoms with E-state index in [1.807, 2.05) is 4.90 Å². The summed E-state index contributed by atoms with van der Waals surface area (Å²) in [6.07, 6.45) is 3.10. The molecule has 1 aliphatic rings. The monoisotopic (exact) mass is 255 g/mol. The van der Waals surface area contributed by atoms with Crippen LogP contribution in [0.25, 0.3) is 0 Å². The molecule has 0 aliphatic carbocycles. The van der Waals surface area contributed by atoms with Gasteiger partial charge in [-0.3, -0.25) is 0 Å². The molecule has 2 heterocycles. The summed E-state index contributed by atoms with van der Waals surface area (Å²) < 4.78 is 26.6. The molecule has 1 aromatic rings. The SMILES string of the molecule is CC(C)NCC1CCCN1c1ncc(F)cc1F. The van der Waals surface area contributed by atoms with E-state index >= 15 is 0 Å². The van der Waals surface area contributed by atoms with Crippen LogP contribution in [0.1, 0.15) is 26.7 Å². The first-order valence-corrected chi connectivity index (χ1v) is 6.39. The quantitative estimate of drug-likeness (QED) is 0.895. The summed E-state index contributed by atoms with van der Waals surface area (Å²) in [5.41, 5.74) is 0. The van der Waals surface area contributed by atoms with Crippen LogP contribution >= 0.6 is 0 Å². The van der Waals surface area contributed by atoms with Gasteiger partial charge in [-0.05, 0) is 12.8 Å². The zero-order valence-corrected chi connectivity index (χ0v) is 10.8. The molecule has 18 heavy (non-hydrogen) atoms. The van der Waals surface area contributed by atoms with Gasteiger partial charge in [0.2, 0.25) is 0 Å². The van der Waals surface area contributed by atoms with Crippen molar-refractivity contribution in [1.29, 1.82) is 0 Å². The number of hydrogen-bond donors (Lipinski definition) is 1. The number of hydrogen-bond acceptors (Lipinski definition) is 3. The molecule has 2 rings (SSSR count). The van der Waals surface area contributed by atoms with Gasteiger partial charge in [0.1, 0.15) is 5.82 Å². The van der Waals surface area contributed by atoms with Gasteiger partial charge in [-0.15, -0.1) is 0 Å². The Kier molecular flexibility index (Phi) is 4.11. The van der Waals surface area contributed by atoms with Crippen molar-refractivity contribution in [3.8, 4) is 0 Å². The van der Waals surface area contributed by atoms with Crippen LogP contribution in [-0.2, 0) is 0 Å². The number of rotatable bonds is 4. The Morgan fingerprint density at radius 3 is 2.94 bits per heavy atom. The largest absolute Gasteiger partial charge is 0.350 e. The average Bonchev–Trinajstić information content (AvgIpc) is 2.74. The number of anilines is 1. The van der Waals surface area contributed by atoms with E-state index in [9.17, 15) is 8.78 Å². The Bertz CT molecular complexity index is 409. The summed E-state index contributed by atoms with van der Waals surface area (Å²) in [5, 5.41) is 3.35. The average molecular weight is 255 g/mol. The standard InChI is InChI=1S/C13H19F2N3/c1-9(2)16-8-11-4-3-5-18(11)13-12(15)6-10(14)7-17-13/h6-7,9,11,16H,3-5,8H2,1-2H3. The molecule has 1 aromatic heterocycles. The fourth-order valence-electron chi connectivity index (χ4n) is 2.32. The molecule has 1 N–H and O–H groups in total. The maximum absolute atomic E-state index is 13.7. The molecule has 100 valence electrons. The van der Waals surface area contributed by atoms with Gasteiger partial charge in [-0.2, -0.15) is 0 Å². The Labute approximate surface area is 106 Å². The number of pyridine rings is 1. The van der Waals surface area contributed by atoms with Crippen LogP contribution in [0.15, 0.2) is 12.3 Å². The maximum atomic E-state index is 13.7. The molecule has 0 aromatic carbocycles. The second-order valence-electron chi connectivity index (χ2n) is 5.01. The van der Waals surface area contributed by atoms with Crippen LogP contribution in [0.5, 0.6) is 0 Å². The molecule has 1 fully saturated rings. The normalized spacial score (nSPS) is 19.8. The number of aromatic nitrogens is 1. The predicted octanol–water partition coefficient (Wildman–Crippen LogP) is 2.33. The molecule has 0 amide bonds. The molecular formula is C13H19F2N3. The minimum Gasteiger partial charge on any atom is -0.350 e. The zero-order chi connectivity index (χ0) is 13.1. The molecule has 1 saturated heterocycles. The highest BCUT2D eigenvalue weighted by Crippen LogP contribution is 2.26. The van der Waals surface area contributed by atoms with Crippen molar-refractivity contribution >= 4 is 5.82 Å². The van der Waals surface area contributed by atoms with E-state index in [2.05, 4.69) is 24.1 Å². The number of halogens is 2. The van der Waals surface area contributed by atoms with Crippen molar-refractivity contribution in [1.82, 2.24) is 10.3 Å². The number of nitrogens with zero attached hydrogens (tertiary/aromatic N) is 2. The van der Waals surface area contributed by atoms with Crippen LogP contribution in [0.2, 0.25) is 0 Å². The van der Waals surface area contributed by atoms with Crippen molar-refractivity contribution in [3.05, 3.63) is 23.9 Å². The lowest BCUT2D eigenvalue weighted by atomic mass is 10.2. The van der Waals surface area contributed by atoms with Gasteiger partial charge in [-0.1, -0.05) is 13.8 Å². The summed E-state index contributed by atoms with van der Waals surface area (Å²) in [4.78, 5) is 5.82. The summed E-state index contributed by atoms with van der Waals surface area (Å²) >= 11 is 0. The van der Waals surface area contributed by atoms with Crippen molar-refractivity contribution in [2.75, 3.05) is 18.0 Å². The summed E-state index contributed by atoms with van der Waals surface area (Å²) in [6.45, 7) is 5.74. The van der Waals surface area contributed by atoms with E-state index < -0.39 is 11.6 Å². The molecule has 1 aliphatic heterocycles. The highest BCUT2D eigenvalue weighted by molar-refractivity contribution is 5.42. The van der Waals surface area contributed by atoms with Gasteiger partial charge >= 0.3 is 0 Å².